The number of hydrogen-bond donors (Lipinski definition) is 1. The molecule has 2 rings (SSSR count). The summed E-state index contributed by atoms with van der Waals surface area (Å²) in [6, 6.07) is 4.99. The van der Waals surface area contributed by atoms with Gasteiger partial charge < -0.3 is 14.8 Å². The van der Waals surface area contributed by atoms with Crippen molar-refractivity contribution in [1.29, 1.82) is 0 Å². The highest BCUT2D eigenvalue weighted by molar-refractivity contribution is 5.70. The molecule has 1 aromatic rings. The third kappa shape index (κ3) is 2.80. The van der Waals surface area contributed by atoms with Crippen LogP contribution < -0.4 is 10.1 Å². The molecule has 1 heterocycles. The minimum atomic E-state index is -4.76. The van der Waals surface area contributed by atoms with Crippen molar-refractivity contribution in [2.75, 3.05) is 6.61 Å². The van der Waals surface area contributed by atoms with Crippen LogP contribution in [0.15, 0.2) is 24.3 Å². The Bertz CT molecular complexity index is 433. The summed E-state index contributed by atoms with van der Waals surface area (Å²) in [5.74, 6) is -0.337. The SMILES string of the molecule is O=C1NC(c2ccccc2OC(F)(F)F)CO1. The van der Waals surface area contributed by atoms with Crippen LogP contribution in [0.3, 0.4) is 0 Å². The van der Waals surface area contributed by atoms with Crippen LogP contribution in [0, 0.1) is 0 Å². The maximum absolute atomic E-state index is 12.1. The summed E-state index contributed by atoms with van der Waals surface area (Å²) in [5.41, 5.74) is 0.232. The van der Waals surface area contributed by atoms with Gasteiger partial charge in [-0.05, 0) is 6.07 Å². The minimum absolute atomic E-state index is 0.0168. The second-order valence-electron chi connectivity index (χ2n) is 3.38. The Morgan fingerprint density at radius 2 is 2.06 bits per heavy atom. The molecule has 0 saturated carbocycles. The van der Waals surface area contributed by atoms with Gasteiger partial charge in [0, 0.05) is 5.56 Å². The summed E-state index contributed by atoms with van der Waals surface area (Å²) in [6.45, 7) is -0.0168. The molecule has 0 aliphatic carbocycles. The first-order valence-corrected chi connectivity index (χ1v) is 4.74. The molecule has 0 spiro atoms. The van der Waals surface area contributed by atoms with E-state index in [0.717, 1.165) is 0 Å². The number of para-hydroxylation sites is 1. The number of amides is 1. The van der Waals surface area contributed by atoms with Gasteiger partial charge in [0.25, 0.3) is 0 Å². The normalized spacial score (nSPS) is 19.7. The fraction of sp³-hybridized carbons (Fsp3) is 0.300. The Hall–Kier alpha value is -1.92. The second kappa shape index (κ2) is 4.15. The fourth-order valence-corrected chi connectivity index (χ4v) is 1.54. The summed E-state index contributed by atoms with van der Waals surface area (Å²) in [5, 5.41) is 2.39. The first-order chi connectivity index (χ1) is 7.96. The molecule has 0 bridgehead atoms. The molecule has 1 unspecified atom stereocenters. The average molecular weight is 247 g/mol. The molecule has 92 valence electrons. The van der Waals surface area contributed by atoms with Crippen molar-refractivity contribution in [2.24, 2.45) is 0 Å². The molecule has 1 aromatic carbocycles. The Morgan fingerprint density at radius 3 is 2.65 bits per heavy atom. The summed E-state index contributed by atoms with van der Waals surface area (Å²) in [4.78, 5) is 10.8. The number of nitrogens with one attached hydrogen (secondary N) is 1. The lowest BCUT2D eigenvalue weighted by molar-refractivity contribution is -0.275. The number of halogens is 3. The van der Waals surface area contributed by atoms with Gasteiger partial charge >= 0.3 is 12.5 Å². The topological polar surface area (TPSA) is 47.6 Å². The predicted molar refractivity (Wildman–Crippen MR) is 50.3 cm³/mol. The number of alkyl halides is 3. The van der Waals surface area contributed by atoms with Crippen molar-refractivity contribution < 1.29 is 27.4 Å². The van der Waals surface area contributed by atoms with Crippen LogP contribution in [-0.4, -0.2) is 19.1 Å². The number of carbonyl (C=O) groups is 1. The quantitative estimate of drug-likeness (QED) is 0.872. The van der Waals surface area contributed by atoms with Crippen LogP contribution in [-0.2, 0) is 4.74 Å². The lowest BCUT2D eigenvalue weighted by atomic mass is 10.1. The van der Waals surface area contributed by atoms with E-state index in [9.17, 15) is 18.0 Å². The van der Waals surface area contributed by atoms with Gasteiger partial charge in [-0.3, -0.25) is 0 Å². The number of rotatable bonds is 2. The molecule has 4 nitrogen and oxygen atoms in total. The Morgan fingerprint density at radius 1 is 1.35 bits per heavy atom. The van der Waals surface area contributed by atoms with Gasteiger partial charge in [-0.2, -0.15) is 0 Å². The average Bonchev–Trinajstić information content (AvgIpc) is 2.63. The highest BCUT2D eigenvalue weighted by atomic mass is 19.4. The summed E-state index contributed by atoms with van der Waals surface area (Å²) in [7, 11) is 0. The lowest BCUT2D eigenvalue weighted by Gasteiger charge is -2.15. The van der Waals surface area contributed by atoms with Crippen molar-refractivity contribution in [1.82, 2.24) is 5.32 Å². The first-order valence-electron chi connectivity index (χ1n) is 4.74. The molecule has 17 heavy (non-hydrogen) atoms. The zero-order valence-electron chi connectivity index (χ0n) is 8.45. The van der Waals surface area contributed by atoms with E-state index in [0.29, 0.717) is 0 Å². The standard InChI is InChI=1S/C10H8F3NO3/c11-10(12,13)17-8-4-2-1-3-6(8)7-5-16-9(15)14-7/h1-4,7H,5H2,(H,14,15). The number of hydrogen-bond acceptors (Lipinski definition) is 3. The van der Waals surface area contributed by atoms with E-state index >= 15 is 0 Å². The summed E-state index contributed by atoms with van der Waals surface area (Å²) < 4.78 is 44.9. The van der Waals surface area contributed by atoms with Crippen LogP contribution in [0.1, 0.15) is 11.6 Å². The van der Waals surface area contributed by atoms with Crippen LogP contribution >= 0.6 is 0 Å². The molecule has 1 saturated heterocycles. The number of carbonyl (C=O) groups excluding carboxylic acids is 1. The largest absolute Gasteiger partial charge is 0.573 e. The fourth-order valence-electron chi connectivity index (χ4n) is 1.54. The third-order valence-corrected chi connectivity index (χ3v) is 2.19. The van der Waals surface area contributed by atoms with Crippen LogP contribution in [0.5, 0.6) is 5.75 Å². The van der Waals surface area contributed by atoms with Gasteiger partial charge in [-0.15, -0.1) is 13.2 Å². The molecule has 7 heteroatoms. The molecule has 1 atom stereocenters. The molecular formula is C10H8F3NO3. The van der Waals surface area contributed by atoms with Gasteiger partial charge in [0.05, 0.1) is 6.04 Å². The molecule has 0 radical (unpaired) electrons. The molecule has 1 amide bonds. The minimum Gasteiger partial charge on any atom is -0.447 e. The van der Waals surface area contributed by atoms with Crippen molar-refractivity contribution in [2.45, 2.75) is 12.4 Å². The van der Waals surface area contributed by atoms with Crippen molar-refractivity contribution >= 4 is 6.09 Å². The number of alkyl carbamates (subject to hydrolysis) is 1. The van der Waals surface area contributed by atoms with Gasteiger partial charge in [0.2, 0.25) is 0 Å². The van der Waals surface area contributed by atoms with Gasteiger partial charge in [-0.25, -0.2) is 4.79 Å². The predicted octanol–water partition coefficient (Wildman–Crippen LogP) is 2.37. The van der Waals surface area contributed by atoms with Crippen LogP contribution in [0.4, 0.5) is 18.0 Å². The van der Waals surface area contributed by atoms with E-state index in [1.54, 1.807) is 6.07 Å². The Balaban J connectivity index is 2.24. The molecule has 1 aliphatic rings. The van der Waals surface area contributed by atoms with Gasteiger partial charge in [0.15, 0.2) is 0 Å². The number of benzene rings is 1. The van der Waals surface area contributed by atoms with Crippen molar-refractivity contribution in [3.05, 3.63) is 29.8 Å². The molecule has 0 aromatic heterocycles. The lowest BCUT2D eigenvalue weighted by Crippen LogP contribution is -2.22. The van der Waals surface area contributed by atoms with E-state index in [-0.39, 0.29) is 17.9 Å². The van der Waals surface area contributed by atoms with E-state index in [1.807, 2.05) is 0 Å². The van der Waals surface area contributed by atoms with Crippen molar-refractivity contribution in [3.63, 3.8) is 0 Å². The van der Waals surface area contributed by atoms with Gasteiger partial charge in [0.1, 0.15) is 12.4 Å². The molecule has 1 N–H and O–H groups in total. The molecule has 1 fully saturated rings. The Kier molecular flexibility index (Phi) is 2.83. The second-order valence-corrected chi connectivity index (χ2v) is 3.38. The zero-order valence-corrected chi connectivity index (χ0v) is 8.45. The highest BCUT2D eigenvalue weighted by Gasteiger charge is 2.34. The third-order valence-electron chi connectivity index (χ3n) is 2.19. The maximum atomic E-state index is 12.1. The first kappa shape index (κ1) is 11.6. The van der Waals surface area contributed by atoms with E-state index < -0.39 is 18.5 Å². The maximum Gasteiger partial charge on any atom is 0.573 e. The van der Waals surface area contributed by atoms with E-state index in [1.165, 1.54) is 18.2 Å². The highest BCUT2D eigenvalue weighted by Crippen LogP contribution is 2.31. The van der Waals surface area contributed by atoms with Crippen molar-refractivity contribution in [3.8, 4) is 5.75 Å². The smallest absolute Gasteiger partial charge is 0.447 e. The number of ether oxygens (including phenoxy) is 2. The van der Waals surface area contributed by atoms with Gasteiger partial charge in [-0.1, -0.05) is 18.2 Å². The molecule has 1 aliphatic heterocycles. The van der Waals surface area contributed by atoms with Crippen LogP contribution in [0.2, 0.25) is 0 Å². The van der Waals surface area contributed by atoms with Crippen LogP contribution in [0.25, 0.3) is 0 Å². The number of cyclic esters (lactones) is 1. The molecular weight excluding hydrogens is 239 g/mol. The monoisotopic (exact) mass is 247 g/mol. The summed E-state index contributed by atoms with van der Waals surface area (Å²) >= 11 is 0. The van der Waals surface area contributed by atoms with E-state index in [2.05, 4.69) is 14.8 Å². The van der Waals surface area contributed by atoms with E-state index in [4.69, 9.17) is 0 Å². The Labute approximate surface area is 94.3 Å². The summed E-state index contributed by atoms with van der Waals surface area (Å²) in [6.07, 6.45) is -5.42. The zero-order chi connectivity index (χ0) is 12.5.